The largest absolute Gasteiger partial charge is 0.493 e. The van der Waals surface area contributed by atoms with Crippen LogP contribution in [0.4, 0.5) is 4.39 Å². The van der Waals surface area contributed by atoms with Crippen LogP contribution in [0, 0.1) is 0 Å². The predicted octanol–water partition coefficient (Wildman–Crippen LogP) is 2.68. The molecule has 5 nitrogen and oxygen atoms in total. The molecule has 0 saturated heterocycles. The van der Waals surface area contributed by atoms with Crippen LogP contribution in [0.2, 0.25) is 0 Å². The van der Waals surface area contributed by atoms with Gasteiger partial charge in [-0.2, -0.15) is 0 Å². The molecule has 0 bridgehead atoms. The highest BCUT2D eigenvalue weighted by atomic mass is 19.1. The zero-order valence-electron chi connectivity index (χ0n) is 13.3. The molecule has 0 aromatic heterocycles. The average molecular weight is 330 g/mol. The van der Waals surface area contributed by atoms with Crippen molar-refractivity contribution in [3.8, 4) is 16.9 Å². The quantitative estimate of drug-likeness (QED) is 0.817. The maximum Gasteiger partial charge on any atom is 0.249 e. The number of primary amides is 2. The summed E-state index contributed by atoms with van der Waals surface area (Å²) in [6.07, 6.45) is -0.759. The fourth-order valence-corrected chi connectivity index (χ4v) is 2.38. The molecule has 4 N–H and O–H groups in total. The topological polar surface area (TPSA) is 95.4 Å². The lowest BCUT2D eigenvalue weighted by Crippen LogP contribution is -2.18. The van der Waals surface area contributed by atoms with Crippen LogP contribution >= 0.6 is 0 Å². The minimum atomic E-state index is -0.990. The van der Waals surface area contributed by atoms with Gasteiger partial charge in [0.25, 0.3) is 0 Å². The summed E-state index contributed by atoms with van der Waals surface area (Å²) in [5, 5.41) is 0. The van der Waals surface area contributed by atoms with Crippen molar-refractivity contribution in [3.05, 3.63) is 53.6 Å². The van der Waals surface area contributed by atoms with Crippen LogP contribution in [0.15, 0.2) is 42.5 Å². The second-order valence-corrected chi connectivity index (χ2v) is 5.37. The number of rotatable bonds is 7. The van der Waals surface area contributed by atoms with E-state index in [-0.39, 0.29) is 24.2 Å². The summed E-state index contributed by atoms with van der Waals surface area (Å²) in [4.78, 5) is 23.5. The van der Waals surface area contributed by atoms with Gasteiger partial charge in [0.2, 0.25) is 11.8 Å². The zero-order valence-corrected chi connectivity index (χ0v) is 13.3. The fourth-order valence-electron chi connectivity index (χ4n) is 2.38. The smallest absolute Gasteiger partial charge is 0.249 e. The van der Waals surface area contributed by atoms with Crippen molar-refractivity contribution in [2.24, 2.45) is 11.5 Å². The lowest BCUT2D eigenvalue weighted by atomic mass is 9.93. The summed E-state index contributed by atoms with van der Waals surface area (Å²) in [5.74, 6) is -0.935. The summed E-state index contributed by atoms with van der Waals surface area (Å²) < 4.78 is 18.6. The molecule has 6 heteroatoms. The summed E-state index contributed by atoms with van der Waals surface area (Å²) >= 11 is 0. The molecule has 0 aliphatic heterocycles. The number of para-hydroxylation sites is 1. The normalized spacial score (nSPS) is 11.8. The molecule has 2 rings (SSSR count). The van der Waals surface area contributed by atoms with Crippen molar-refractivity contribution >= 4 is 11.8 Å². The molecular weight excluding hydrogens is 311 g/mol. The van der Waals surface area contributed by atoms with E-state index in [9.17, 15) is 14.0 Å². The van der Waals surface area contributed by atoms with E-state index in [0.717, 1.165) is 0 Å². The monoisotopic (exact) mass is 330 g/mol. The first-order valence-electron chi connectivity index (χ1n) is 7.50. The van der Waals surface area contributed by atoms with E-state index in [1.165, 1.54) is 25.1 Å². The van der Waals surface area contributed by atoms with Gasteiger partial charge in [-0.05, 0) is 25.1 Å². The fraction of sp³-hybridized carbons (Fsp3) is 0.222. The Labute approximate surface area is 139 Å². The Kier molecular flexibility index (Phi) is 5.52. The highest BCUT2D eigenvalue weighted by molar-refractivity contribution is 6.08. The van der Waals surface area contributed by atoms with Crippen LogP contribution in [0.3, 0.4) is 0 Å². The van der Waals surface area contributed by atoms with Crippen LogP contribution in [-0.2, 0) is 0 Å². The van der Waals surface area contributed by atoms with Gasteiger partial charge in [0.1, 0.15) is 11.9 Å². The van der Waals surface area contributed by atoms with Crippen molar-refractivity contribution < 1.29 is 18.7 Å². The number of halogens is 1. The maximum atomic E-state index is 13.0. The predicted molar refractivity (Wildman–Crippen MR) is 89.6 cm³/mol. The van der Waals surface area contributed by atoms with Crippen molar-refractivity contribution in [1.29, 1.82) is 0 Å². The Morgan fingerprint density at radius 2 is 1.62 bits per heavy atom. The third-order valence-corrected chi connectivity index (χ3v) is 3.52. The molecule has 0 heterocycles. The molecule has 0 saturated carbocycles. The molecule has 0 radical (unpaired) electrons. The highest BCUT2D eigenvalue weighted by Crippen LogP contribution is 2.35. The number of hydrogen-bond donors (Lipinski definition) is 2. The lowest BCUT2D eigenvalue weighted by Gasteiger charge is -2.16. The Hall–Kier alpha value is -2.89. The molecule has 0 fully saturated rings. The third-order valence-electron chi connectivity index (χ3n) is 3.52. The highest BCUT2D eigenvalue weighted by Gasteiger charge is 2.20. The molecule has 0 aliphatic carbocycles. The number of hydrogen-bond acceptors (Lipinski definition) is 3. The Bertz CT molecular complexity index is 727. The molecule has 126 valence electrons. The molecule has 1 unspecified atom stereocenters. The van der Waals surface area contributed by atoms with E-state index in [0.29, 0.717) is 16.9 Å². The van der Waals surface area contributed by atoms with E-state index in [2.05, 4.69) is 0 Å². The van der Waals surface area contributed by atoms with Gasteiger partial charge < -0.3 is 16.2 Å². The average Bonchev–Trinajstić information content (AvgIpc) is 2.54. The molecular formula is C18H19FN2O3. The number of nitrogens with two attached hydrogens (primary N) is 2. The molecule has 0 spiro atoms. The van der Waals surface area contributed by atoms with Crippen molar-refractivity contribution in [1.82, 2.24) is 0 Å². The minimum Gasteiger partial charge on any atom is -0.493 e. The summed E-state index contributed by atoms with van der Waals surface area (Å²) in [7, 11) is 0. The molecule has 0 aliphatic rings. The standard InChI is InChI=1S/C18H19FN2O3/c1-11(19)9-10-24-15-8-3-2-5-12(15)16-13(17(20)22)6-4-7-14(16)18(21)23/h2-8,11H,9-10H2,1H3,(H2,20,22)(H2,21,23). The molecule has 24 heavy (non-hydrogen) atoms. The van der Waals surface area contributed by atoms with Gasteiger partial charge in [-0.25, -0.2) is 4.39 Å². The Balaban J connectivity index is 2.55. The minimum absolute atomic E-state index is 0.166. The van der Waals surface area contributed by atoms with E-state index in [1.54, 1.807) is 24.3 Å². The molecule has 2 amide bonds. The van der Waals surface area contributed by atoms with Crippen LogP contribution in [0.25, 0.3) is 11.1 Å². The van der Waals surface area contributed by atoms with Gasteiger partial charge in [-0.15, -0.1) is 0 Å². The summed E-state index contributed by atoms with van der Waals surface area (Å²) in [6, 6.07) is 11.4. The Morgan fingerprint density at radius 1 is 1.04 bits per heavy atom. The second-order valence-electron chi connectivity index (χ2n) is 5.37. The van der Waals surface area contributed by atoms with Crippen molar-refractivity contribution in [3.63, 3.8) is 0 Å². The first-order valence-corrected chi connectivity index (χ1v) is 7.50. The molecule has 2 aromatic carbocycles. The zero-order chi connectivity index (χ0) is 17.7. The van der Waals surface area contributed by atoms with Crippen LogP contribution in [0.5, 0.6) is 5.75 Å². The van der Waals surface area contributed by atoms with Gasteiger partial charge in [0.05, 0.1) is 6.61 Å². The molecule has 2 aromatic rings. The summed E-state index contributed by atoms with van der Waals surface area (Å²) in [6.45, 7) is 1.61. The van der Waals surface area contributed by atoms with Crippen LogP contribution in [0.1, 0.15) is 34.1 Å². The number of benzene rings is 2. The van der Waals surface area contributed by atoms with Gasteiger partial charge in [-0.1, -0.05) is 24.3 Å². The van der Waals surface area contributed by atoms with Crippen LogP contribution < -0.4 is 16.2 Å². The first-order chi connectivity index (χ1) is 11.4. The summed E-state index contributed by atoms with van der Waals surface area (Å²) in [5.41, 5.74) is 12.0. The van der Waals surface area contributed by atoms with Crippen LogP contribution in [-0.4, -0.2) is 24.6 Å². The van der Waals surface area contributed by atoms with E-state index >= 15 is 0 Å². The number of carbonyl (C=O) groups is 2. The molecule has 1 atom stereocenters. The van der Waals surface area contributed by atoms with Crippen molar-refractivity contribution in [2.45, 2.75) is 19.5 Å². The van der Waals surface area contributed by atoms with E-state index < -0.39 is 18.0 Å². The third kappa shape index (κ3) is 3.90. The van der Waals surface area contributed by atoms with E-state index in [4.69, 9.17) is 16.2 Å². The number of ether oxygens (including phenoxy) is 1. The number of alkyl halides is 1. The van der Waals surface area contributed by atoms with Gasteiger partial charge >= 0.3 is 0 Å². The van der Waals surface area contributed by atoms with Gasteiger partial charge in [0, 0.05) is 28.7 Å². The SMILES string of the molecule is CC(F)CCOc1ccccc1-c1c(C(N)=O)cccc1C(N)=O. The lowest BCUT2D eigenvalue weighted by molar-refractivity contribution is 0.0999. The Morgan fingerprint density at radius 3 is 2.17 bits per heavy atom. The first kappa shape index (κ1) is 17.5. The number of carbonyl (C=O) groups excluding carboxylic acids is 2. The maximum absolute atomic E-state index is 13.0. The van der Waals surface area contributed by atoms with Gasteiger partial charge in [-0.3, -0.25) is 9.59 Å². The number of amides is 2. The second kappa shape index (κ2) is 7.59. The van der Waals surface area contributed by atoms with Gasteiger partial charge in [0.15, 0.2) is 0 Å². The van der Waals surface area contributed by atoms with E-state index in [1.807, 2.05) is 0 Å². The van der Waals surface area contributed by atoms with Crippen molar-refractivity contribution in [2.75, 3.05) is 6.61 Å².